The van der Waals surface area contributed by atoms with Gasteiger partial charge < -0.3 is 10.6 Å². The lowest BCUT2D eigenvalue weighted by molar-refractivity contribution is 0.0888. The SMILES string of the molecule is CCC(CCN)N1CCC(C)(C)CC1. The summed E-state index contributed by atoms with van der Waals surface area (Å²) < 4.78 is 0. The maximum atomic E-state index is 5.64. The Morgan fingerprint density at radius 1 is 1.29 bits per heavy atom. The van der Waals surface area contributed by atoms with Crippen molar-refractivity contribution < 1.29 is 0 Å². The van der Waals surface area contributed by atoms with Gasteiger partial charge >= 0.3 is 0 Å². The highest BCUT2D eigenvalue weighted by atomic mass is 15.2. The van der Waals surface area contributed by atoms with Gasteiger partial charge in [0.1, 0.15) is 0 Å². The number of piperidine rings is 1. The summed E-state index contributed by atoms with van der Waals surface area (Å²) in [7, 11) is 0. The van der Waals surface area contributed by atoms with E-state index in [9.17, 15) is 0 Å². The summed E-state index contributed by atoms with van der Waals surface area (Å²) in [6, 6.07) is 0.732. The van der Waals surface area contributed by atoms with Crippen molar-refractivity contribution in [3.63, 3.8) is 0 Å². The second-order valence-corrected chi connectivity index (χ2v) is 5.34. The maximum absolute atomic E-state index is 5.64. The first-order chi connectivity index (χ1) is 6.59. The van der Waals surface area contributed by atoms with Gasteiger partial charge in [-0.1, -0.05) is 20.8 Å². The molecule has 0 radical (unpaired) electrons. The molecule has 2 heteroatoms. The second kappa shape index (κ2) is 5.13. The van der Waals surface area contributed by atoms with E-state index in [1.807, 2.05) is 0 Å². The standard InChI is InChI=1S/C12H26N2/c1-4-11(5-8-13)14-9-6-12(2,3)7-10-14/h11H,4-10,13H2,1-3H3. The minimum absolute atomic E-state index is 0.567. The van der Waals surface area contributed by atoms with Crippen molar-refractivity contribution in [1.82, 2.24) is 4.90 Å². The van der Waals surface area contributed by atoms with Crippen LogP contribution in [0.25, 0.3) is 0 Å². The molecule has 0 aromatic heterocycles. The minimum atomic E-state index is 0.567. The molecule has 0 bridgehead atoms. The second-order valence-electron chi connectivity index (χ2n) is 5.34. The molecule has 1 aliphatic rings. The van der Waals surface area contributed by atoms with Crippen LogP contribution in [0.5, 0.6) is 0 Å². The van der Waals surface area contributed by atoms with E-state index in [0.29, 0.717) is 5.41 Å². The van der Waals surface area contributed by atoms with Crippen LogP contribution >= 0.6 is 0 Å². The van der Waals surface area contributed by atoms with Gasteiger partial charge in [0.05, 0.1) is 0 Å². The van der Waals surface area contributed by atoms with Gasteiger partial charge in [-0.05, 0) is 50.7 Å². The zero-order valence-electron chi connectivity index (χ0n) is 10.1. The van der Waals surface area contributed by atoms with Gasteiger partial charge in [-0.25, -0.2) is 0 Å². The third-order valence-electron chi connectivity index (χ3n) is 3.64. The first-order valence-electron chi connectivity index (χ1n) is 6.03. The fourth-order valence-electron chi connectivity index (χ4n) is 2.33. The van der Waals surface area contributed by atoms with E-state index in [2.05, 4.69) is 25.7 Å². The number of hydrogen-bond donors (Lipinski definition) is 1. The molecule has 0 amide bonds. The fraction of sp³-hybridized carbons (Fsp3) is 1.00. The predicted octanol–water partition coefficient (Wildman–Crippen LogP) is 2.24. The first kappa shape index (κ1) is 12.0. The third kappa shape index (κ3) is 3.25. The van der Waals surface area contributed by atoms with E-state index in [1.54, 1.807) is 0 Å². The van der Waals surface area contributed by atoms with Crippen molar-refractivity contribution in [3.8, 4) is 0 Å². The predicted molar refractivity (Wildman–Crippen MR) is 62.3 cm³/mol. The van der Waals surface area contributed by atoms with Crippen molar-refractivity contribution >= 4 is 0 Å². The average Bonchev–Trinajstić information content (AvgIpc) is 2.15. The molecule has 2 nitrogen and oxygen atoms in total. The molecule has 0 saturated carbocycles. The summed E-state index contributed by atoms with van der Waals surface area (Å²) in [6.07, 6.45) is 5.09. The molecular formula is C12H26N2. The van der Waals surface area contributed by atoms with Crippen LogP contribution in [0.2, 0.25) is 0 Å². The van der Waals surface area contributed by atoms with Gasteiger partial charge in [0.15, 0.2) is 0 Å². The minimum Gasteiger partial charge on any atom is -0.330 e. The monoisotopic (exact) mass is 198 g/mol. The first-order valence-corrected chi connectivity index (χ1v) is 6.03. The lowest BCUT2D eigenvalue weighted by Crippen LogP contribution is -2.44. The molecule has 0 spiro atoms. The van der Waals surface area contributed by atoms with Crippen LogP contribution in [0.1, 0.15) is 46.5 Å². The van der Waals surface area contributed by atoms with Crippen molar-refractivity contribution in [2.24, 2.45) is 11.1 Å². The third-order valence-corrected chi connectivity index (χ3v) is 3.64. The van der Waals surface area contributed by atoms with Crippen LogP contribution < -0.4 is 5.73 Å². The summed E-state index contributed by atoms with van der Waals surface area (Å²) >= 11 is 0. The molecule has 1 rings (SSSR count). The van der Waals surface area contributed by atoms with E-state index < -0.39 is 0 Å². The van der Waals surface area contributed by atoms with Gasteiger partial charge in [0, 0.05) is 6.04 Å². The molecule has 1 atom stereocenters. The van der Waals surface area contributed by atoms with Gasteiger partial charge in [-0.3, -0.25) is 0 Å². The van der Waals surface area contributed by atoms with E-state index in [0.717, 1.165) is 19.0 Å². The summed E-state index contributed by atoms with van der Waals surface area (Å²) in [4.78, 5) is 2.64. The summed E-state index contributed by atoms with van der Waals surface area (Å²) in [5.41, 5.74) is 6.21. The Morgan fingerprint density at radius 3 is 2.29 bits per heavy atom. The Bertz CT molecular complexity index is 156. The number of nitrogens with two attached hydrogens (primary N) is 1. The normalized spacial score (nSPS) is 24.9. The maximum Gasteiger partial charge on any atom is 0.0105 e. The Balaban J connectivity index is 2.39. The highest BCUT2D eigenvalue weighted by Gasteiger charge is 2.28. The van der Waals surface area contributed by atoms with Crippen molar-refractivity contribution in [1.29, 1.82) is 0 Å². The van der Waals surface area contributed by atoms with Crippen molar-refractivity contribution in [2.45, 2.75) is 52.5 Å². The largest absolute Gasteiger partial charge is 0.330 e. The Morgan fingerprint density at radius 2 is 1.86 bits per heavy atom. The zero-order chi connectivity index (χ0) is 10.6. The number of likely N-dealkylation sites (tertiary alicyclic amines) is 1. The summed E-state index contributed by atoms with van der Waals surface area (Å²) in [5.74, 6) is 0. The molecule has 0 aromatic rings. The highest BCUT2D eigenvalue weighted by molar-refractivity contribution is 4.82. The number of rotatable bonds is 4. The highest BCUT2D eigenvalue weighted by Crippen LogP contribution is 2.31. The molecular weight excluding hydrogens is 172 g/mol. The van der Waals surface area contributed by atoms with Crippen LogP contribution in [-0.2, 0) is 0 Å². The van der Waals surface area contributed by atoms with Gasteiger partial charge in [-0.15, -0.1) is 0 Å². The summed E-state index contributed by atoms with van der Waals surface area (Å²) in [6.45, 7) is 10.4. The number of hydrogen-bond acceptors (Lipinski definition) is 2. The Labute approximate surface area is 88.8 Å². The van der Waals surface area contributed by atoms with Gasteiger partial charge in [-0.2, -0.15) is 0 Å². The lowest BCUT2D eigenvalue weighted by Gasteiger charge is -2.40. The van der Waals surface area contributed by atoms with Gasteiger partial charge in [0.25, 0.3) is 0 Å². The van der Waals surface area contributed by atoms with E-state index >= 15 is 0 Å². The Kier molecular flexibility index (Phi) is 4.39. The van der Waals surface area contributed by atoms with Crippen LogP contribution in [0.15, 0.2) is 0 Å². The fourth-order valence-corrected chi connectivity index (χ4v) is 2.33. The van der Waals surface area contributed by atoms with Crippen LogP contribution in [0, 0.1) is 5.41 Å². The quantitative estimate of drug-likeness (QED) is 0.750. The average molecular weight is 198 g/mol. The lowest BCUT2D eigenvalue weighted by atomic mass is 9.82. The molecule has 1 saturated heterocycles. The molecule has 0 aromatic carbocycles. The summed E-state index contributed by atoms with van der Waals surface area (Å²) in [5, 5.41) is 0. The van der Waals surface area contributed by atoms with Crippen LogP contribution in [0.4, 0.5) is 0 Å². The molecule has 14 heavy (non-hydrogen) atoms. The van der Waals surface area contributed by atoms with Crippen LogP contribution in [0.3, 0.4) is 0 Å². The molecule has 1 fully saturated rings. The molecule has 1 unspecified atom stereocenters. The van der Waals surface area contributed by atoms with E-state index in [4.69, 9.17) is 5.73 Å². The number of nitrogens with zero attached hydrogens (tertiary/aromatic N) is 1. The molecule has 1 aliphatic heterocycles. The zero-order valence-corrected chi connectivity index (χ0v) is 10.1. The van der Waals surface area contributed by atoms with E-state index in [-0.39, 0.29) is 0 Å². The molecule has 1 heterocycles. The smallest absolute Gasteiger partial charge is 0.0105 e. The molecule has 84 valence electrons. The molecule has 0 aliphatic carbocycles. The topological polar surface area (TPSA) is 29.3 Å². The van der Waals surface area contributed by atoms with Crippen molar-refractivity contribution in [2.75, 3.05) is 19.6 Å². The Hall–Kier alpha value is -0.0800. The van der Waals surface area contributed by atoms with Crippen molar-refractivity contribution in [3.05, 3.63) is 0 Å². The van der Waals surface area contributed by atoms with Gasteiger partial charge in [0.2, 0.25) is 0 Å². The van der Waals surface area contributed by atoms with E-state index in [1.165, 1.54) is 32.4 Å². The molecule has 2 N–H and O–H groups in total. The van der Waals surface area contributed by atoms with Crippen LogP contribution in [-0.4, -0.2) is 30.6 Å².